The average molecular weight is 370 g/mol. The lowest BCUT2D eigenvalue weighted by atomic mass is 10.1. The Morgan fingerprint density at radius 2 is 2.00 bits per heavy atom. The molecule has 4 rings (SSSR count). The summed E-state index contributed by atoms with van der Waals surface area (Å²) in [6.07, 6.45) is 1.52. The Kier molecular flexibility index (Phi) is 5.00. The van der Waals surface area contributed by atoms with Gasteiger partial charge in [0.2, 0.25) is 0 Å². The predicted octanol–water partition coefficient (Wildman–Crippen LogP) is 2.29. The fraction of sp³-hybridized carbons (Fsp3) is 0.421. The van der Waals surface area contributed by atoms with Crippen molar-refractivity contribution in [2.24, 2.45) is 0 Å². The van der Waals surface area contributed by atoms with Gasteiger partial charge in [-0.25, -0.2) is 9.37 Å². The number of hydrogen-bond donors (Lipinski definition) is 0. The molecule has 0 spiro atoms. The molecular formula is C19H23FN6O. The van der Waals surface area contributed by atoms with E-state index >= 15 is 0 Å². The van der Waals surface area contributed by atoms with Crippen LogP contribution in [0.1, 0.15) is 24.2 Å². The van der Waals surface area contributed by atoms with Gasteiger partial charge in [0.05, 0.1) is 12.3 Å². The van der Waals surface area contributed by atoms with Crippen LogP contribution in [0.2, 0.25) is 0 Å². The third-order valence-corrected chi connectivity index (χ3v) is 5.10. The Balaban J connectivity index is 1.51. The van der Waals surface area contributed by atoms with Crippen molar-refractivity contribution in [1.29, 1.82) is 0 Å². The largest absolute Gasteiger partial charge is 0.378 e. The van der Waals surface area contributed by atoms with Gasteiger partial charge in [-0.2, -0.15) is 14.6 Å². The van der Waals surface area contributed by atoms with Crippen molar-refractivity contribution < 1.29 is 9.13 Å². The summed E-state index contributed by atoms with van der Waals surface area (Å²) >= 11 is 0. The lowest BCUT2D eigenvalue weighted by Crippen LogP contribution is -2.47. The van der Waals surface area contributed by atoms with Crippen LogP contribution in [0, 0.1) is 5.82 Å². The second-order valence-corrected chi connectivity index (χ2v) is 6.76. The van der Waals surface area contributed by atoms with E-state index < -0.39 is 0 Å². The normalized spacial score (nSPS) is 16.8. The molecule has 1 aliphatic rings. The molecule has 0 saturated carbocycles. The van der Waals surface area contributed by atoms with Gasteiger partial charge in [0.25, 0.3) is 5.78 Å². The van der Waals surface area contributed by atoms with Gasteiger partial charge in [-0.3, -0.25) is 4.90 Å². The van der Waals surface area contributed by atoms with Gasteiger partial charge >= 0.3 is 0 Å². The maximum Gasteiger partial charge on any atom is 0.254 e. The number of rotatable bonds is 5. The van der Waals surface area contributed by atoms with Crippen LogP contribution in [0.25, 0.3) is 5.78 Å². The van der Waals surface area contributed by atoms with Crippen LogP contribution >= 0.6 is 0 Å². The molecule has 0 N–H and O–H groups in total. The van der Waals surface area contributed by atoms with Gasteiger partial charge in [-0.15, -0.1) is 0 Å². The van der Waals surface area contributed by atoms with Crippen molar-refractivity contribution in [2.45, 2.75) is 19.6 Å². The zero-order valence-electron chi connectivity index (χ0n) is 15.5. The molecule has 0 radical (unpaired) electrons. The molecule has 1 aliphatic heterocycles. The second kappa shape index (κ2) is 7.58. The fourth-order valence-corrected chi connectivity index (χ4v) is 3.61. The van der Waals surface area contributed by atoms with Gasteiger partial charge in [-0.1, -0.05) is 12.1 Å². The summed E-state index contributed by atoms with van der Waals surface area (Å²) in [7, 11) is 1.65. The van der Waals surface area contributed by atoms with Gasteiger partial charge in [0, 0.05) is 45.4 Å². The minimum Gasteiger partial charge on any atom is -0.378 e. The minimum absolute atomic E-state index is 0.177. The first-order valence-corrected chi connectivity index (χ1v) is 9.09. The first-order valence-electron chi connectivity index (χ1n) is 9.09. The van der Waals surface area contributed by atoms with Crippen molar-refractivity contribution >= 4 is 11.6 Å². The quantitative estimate of drug-likeness (QED) is 0.687. The van der Waals surface area contributed by atoms with Crippen molar-refractivity contribution in [2.75, 3.05) is 38.2 Å². The number of ether oxygens (including phenoxy) is 1. The van der Waals surface area contributed by atoms with E-state index in [9.17, 15) is 4.39 Å². The van der Waals surface area contributed by atoms with E-state index in [2.05, 4.69) is 31.8 Å². The average Bonchev–Trinajstić information content (AvgIpc) is 3.16. The molecule has 3 heterocycles. The Hall–Kier alpha value is -2.58. The van der Waals surface area contributed by atoms with Gasteiger partial charge in [-0.05, 0) is 24.6 Å². The molecule has 2 aromatic heterocycles. The summed E-state index contributed by atoms with van der Waals surface area (Å²) in [4.78, 5) is 13.3. The highest BCUT2D eigenvalue weighted by atomic mass is 19.1. The van der Waals surface area contributed by atoms with E-state index in [1.165, 1.54) is 12.4 Å². The molecule has 8 heteroatoms. The number of aromatic nitrogens is 4. The standard InChI is InChI=1S/C19H23FN6O/c1-14(15-4-3-5-16(20)10-15)24-6-8-25(9-7-24)18-11-17(12-27-2)23-19-21-13-22-26(18)19/h3-5,10-11,13-14H,6-9,12H2,1-2H3. The van der Waals surface area contributed by atoms with Crippen molar-refractivity contribution in [3.8, 4) is 0 Å². The molecule has 1 unspecified atom stereocenters. The fourth-order valence-electron chi connectivity index (χ4n) is 3.61. The van der Waals surface area contributed by atoms with Crippen LogP contribution in [0.15, 0.2) is 36.7 Å². The predicted molar refractivity (Wildman–Crippen MR) is 100 cm³/mol. The van der Waals surface area contributed by atoms with E-state index in [0.29, 0.717) is 12.4 Å². The van der Waals surface area contributed by atoms with Crippen LogP contribution in [0.4, 0.5) is 10.2 Å². The third kappa shape index (κ3) is 3.63. The molecule has 0 bridgehead atoms. The number of hydrogen-bond acceptors (Lipinski definition) is 6. The molecule has 1 atom stereocenters. The van der Waals surface area contributed by atoms with Gasteiger partial charge < -0.3 is 9.64 Å². The summed E-state index contributed by atoms with van der Waals surface area (Å²) in [6, 6.07) is 9.05. The smallest absolute Gasteiger partial charge is 0.254 e. The van der Waals surface area contributed by atoms with Crippen LogP contribution in [-0.4, -0.2) is 57.8 Å². The summed E-state index contributed by atoms with van der Waals surface area (Å²) in [5, 5.41) is 4.31. The monoisotopic (exact) mass is 370 g/mol. The second-order valence-electron chi connectivity index (χ2n) is 6.76. The van der Waals surface area contributed by atoms with Gasteiger partial charge in [0.15, 0.2) is 0 Å². The molecular weight excluding hydrogens is 347 g/mol. The van der Waals surface area contributed by atoms with E-state index in [-0.39, 0.29) is 11.9 Å². The summed E-state index contributed by atoms with van der Waals surface area (Å²) < 4.78 is 20.5. The first kappa shape index (κ1) is 17.8. The molecule has 0 amide bonds. The van der Waals surface area contributed by atoms with E-state index in [1.54, 1.807) is 23.8 Å². The summed E-state index contributed by atoms with van der Waals surface area (Å²) in [5.41, 5.74) is 1.84. The number of halogens is 1. The molecule has 1 aromatic carbocycles. The van der Waals surface area contributed by atoms with E-state index in [4.69, 9.17) is 4.74 Å². The van der Waals surface area contributed by atoms with Crippen molar-refractivity contribution in [1.82, 2.24) is 24.5 Å². The Morgan fingerprint density at radius 1 is 1.19 bits per heavy atom. The maximum absolute atomic E-state index is 13.5. The van der Waals surface area contributed by atoms with Crippen molar-refractivity contribution in [3.05, 3.63) is 53.7 Å². The third-order valence-electron chi connectivity index (χ3n) is 5.10. The summed E-state index contributed by atoms with van der Waals surface area (Å²) in [6.45, 7) is 6.04. The molecule has 27 heavy (non-hydrogen) atoms. The lowest BCUT2D eigenvalue weighted by Gasteiger charge is -2.39. The molecule has 3 aromatic rings. The zero-order valence-corrected chi connectivity index (χ0v) is 15.5. The number of benzene rings is 1. The Morgan fingerprint density at radius 3 is 2.74 bits per heavy atom. The SMILES string of the molecule is COCc1cc(N2CCN(C(C)c3cccc(F)c3)CC2)n2ncnc2n1. The first-order chi connectivity index (χ1) is 13.2. The number of anilines is 1. The van der Waals surface area contributed by atoms with Crippen LogP contribution in [0.3, 0.4) is 0 Å². The summed E-state index contributed by atoms with van der Waals surface area (Å²) in [5.74, 6) is 1.37. The number of methoxy groups -OCH3 is 1. The Bertz CT molecular complexity index is 921. The minimum atomic E-state index is -0.186. The van der Waals surface area contributed by atoms with Crippen LogP contribution in [-0.2, 0) is 11.3 Å². The highest BCUT2D eigenvalue weighted by Gasteiger charge is 2.24. The zero-order chi connectivity index (χ0) is 18.8. The van der Waals surface area contributed by atoms with Crippen LogP contribution in [0.5, 0.6) is 0 Å². The number of nitrogens with zero attached hydrogens (tertiary/aromatic N) is 6. The topological polar surface area (TPSA) is 58.8 Å². The van der Waals surface area contributed by atoms with Gasteiger partial charge in [0.1, 0.15) is 18.0 Å². The molecule has 1 saturated heterocycles. The molecule has 142 valence electrons. The van der Waals surface area contributed by atoms with Crippen LogP contribution < -0.4 is 4.90 Å². The highest BCUT2D eigenvalue weighted by molar-refractivity contribution is 5.47. The molecule has 1 fully saturated rings. The lowest BCUT2D eigenvalue weighted by molar-refractivity contribution is 0.181. The molecule has 0 aliphatic carbocycles. The number of fused-ring (bicyclic) bond motifs is 1. The van der Waals surface area contributed by atoms with E-state index in [1.807, 2.05) is 12.1 Å². The highest BCUT2D eigenvalue weighted by Crippen LogP contribution is 2.24. The molecule has 7 nitrogen and oxygen atoms in total. The number of piperazine rings is 1. The maximum atomic E-state index is 13.5. The van der Waals surface area contributed by atoms with E-state index in [0.717, 1.165) is 43.3 Å². The van der Waals surface area contributed by atoms with Crippen molar-refractivity contribution in [3.63, 3.8) is 0 Å². The Labute approximate surface area is 157 Å².